The molecule has 0 saturated heterocycles. The molecule has 0 heterocycles. The fourth-order valence-electron chi connectivity index (χ4n) is 1.70. The molecule has 0 atom stereocenters. The summed E-state index contributed by atoms with van der Waals surface area (Å²) in [5.41, 5.74) is 5.36. The first kappa shape index (κ1) is 12.7. The first-order valence-corrected chi connectivity index (χ1v) is 4.99. The number of hydrogen-bond donors (Lipinski definition) is 2. The van der Waals surface area contributed by atoms with Gasteiger partial charge >= 0.3 is 12.3 Å². The first-order chi connectivity index (χ1) is 6.92. The van der Waals surface area contributed by atoms with E-state index in [1.807, 2.05) is 0 Å². The van der Waals surface area contributed by atoms with Crippen LogP contribution in [0.15, 0.2) is 0 Å². The van der Waals surface area contributed by atoms with E-state index in [4.69, 9.17) is 5.73 Å². The van der Waals surface area contributed by atoms with Gasteiger partial charge in [0, 0.05) is 6.54 Å². The highest BCUT2D eigenvalue weighted by Crippen LogP contribution is 2.39. The summed E-state index contributed by atoms with van der Waals surface area (Å²) in [7, 11) is 0. The maximum absolute atomic E-state index is 12.5. The second kappa shape index (κ2) is 4.65. The van der Waals surface area contributed by atoms with Crippen molar-refractivity contribution in [3.8, 4) is 0 Å². The molecule has 0 aliphatic heterocycles. The van der Waals surface area contributed by atoms with Gasteiger partial charge in [0.25, 0.3) is 0 Å². The van der Waals surface area contributed by atoms with Gasteiger partial charge in [-0.3, -0.25) is 0 Å². The fourth-order valence-corrected chi connectivity index (χ4v) is 1.70. The highest BCUT2D eigenvalue weighted by atomic mass is 19.3. The predicted molar refractivity (Wildman–Crippen MR) is 49.2 cm³/mol. The van der Waals surface area contributed by atoms with Gasteiger partial charge < -0.3 is 11.1 Å². The van der Waals surface area contributed by atoms with Crippen LogP contribution in [0.4, 0.5) is 17.6 Å². The molecule has 1 fully saturated rings. The number of alkyl halides is 4. The Labute approximate surface area is 86.2 Å². The lowest BCUT2D eigenvalue weighted by atomic mass is 9.69. The summed E-state index contributed by atoms with van der Waals surface area (Å²) in [4.78, 5) is 0. The molecule has 1 rings (SSSR count). The Morgan fingerprint density at radius 3 is 2.27 bits per heavy atom. The highest BCUT2D eigenvalue weighted by molar-refractivity contribution is 4.91. The van der Waals surface area contributed by atoms with E-state index >= 15 is 0 Å². The van der Waals surface area contributed by atoms with Crippen LogP contribution >= 0.6 is 0 Å². The lowest BCUT2D eigenvalue weighted by Crippen LogP contribution is -2.49. The van der Waals surface area contributed by atoms with Crippen LogP contribution in [-0.2, 0) is 0 Å². The molecule has 0 spiro atoms. The molecule has 0 radical (unpaired) electrons. The summed E-state index contributed by atoms with van der Waals surface area (Å²) in [5, 5.41) is 2.39. The third-order valence-corrected chi connectivity index (χ3v) is 3.03. The number of rotatable bonds is 6. The maximum Gasteiger partial charge on any atom is 0.319 e. The molecule has 15 heavy (non-hydrogen) atoms. The summed E-state index contributed by atoms with van der Waals surface area (Å²) in [5.74, 6) is -3.94. The zero-order chi connectivity index (χ0) is 11.5. The quantitative estimate of drug-likeness (QED) is 0.678. The van der Waals surface area contributed by atoms with Crippen molar-refractivity contribution in [2.24, 2.45) is 11.1 Å². The van der Waals surface area contributed by atoms with Crippen LogP contribution in [-0.4, -0.2) is 32.0 Å². The molecule has 3 N–H and O–H groups in total. The number of halogens is 4. The van der Waals surface area contributed by atoms with Gasteiger partial charge in [0.15, 0.2) is 0 Å². The lowest BCUT2D eigenvalue weighted by molar-refractivity contribution is -0.126. The van der Waals surface area contributed by atoms with E-state index in [0.29, 0.717) is 13.1 Å². The fraction of sp³-hybridized carbons (Fsp3) is 1.00. The van der Waals surface area contributed by atoms with Crippen LogP contribution in [0.3, 0.4) is 0 Å². The lowest BCUT2D eigenvalue weighted by Gasteiger charge is -2.41. The van der Waals surface area contributed by atoms with Gasteiger partial charge in [-0.15, -0.1) is 0 Å². The molecule has 0 aromatic rings. The first-order valence-electron chi connectivity index (χ1n) is 4.99. The van der Waals surface area contributed by atoms with E-state index in [1.165, 1.54) is 0 Å². The summed E-state index contributed by atoms with van der Waals surface area (Å²) in [6, 6.07) is 0. The second-order valence-electron chi connectivity index (χ2n) is 4.22. The third-order valence-electron chi connectivity index (χ3n) is 3.03. The third kappa shape index (κ3) is 3.04. The van der Waals surface area contributed by atoms with E-state index in [9.17, 15) is 17.6 Å². The Kier molecular flexibility index (Phi) is 3.94. The molecular formula is C9H16F4N2. The Hall–Kier alpha value is -0.360. The molecule has 0 bridgehead atoms. The summed E-state index contributed by atoms with van der Waals surface area (Å²) in [6.07, 6.45) is -0.808. The van der Waals surface area contributed by atoms with Gasteiger partial charge in [0.05, 0.1) is 6.54 Å². The number of nitrogens with two attached hydrogens (primary N) is 1. The van der Waals surface area contributed by atoms with E-state index in [1.54, 1.807) is 0 Å². The zero-order valence-corrected chi connectivity index (χ0v) is 8.41. The minimum Gasteiger partial charge on any atom is -0.330 e. The van der Waals surface area contributed by atoms with Crippen molar-refractivity contribution in [2.75, 3.05) is 19.6 Å². The molecule has 0 unspecified atom stereocenters. The number of hydrogen-bond acceptors (Lipinski definition) is 2. The Morgan fingerprint density at radius 2 is 1.93 bits per heavy atom. The average molecular weight is 228 g/mol. The molecule has 6 heteroatoms. The van der Waals surface area contributed by atoms with Crippen molar-refractivity contribution in [1.29, 1.82) is 0 Å². The van der Waals surface area contributed by atoms with Crippen LogP contribution in [0.25, 0.3) is 0 Å². The molecule has 1 aliphatic carbocycles. The second-order valence-corrected chi connectivity index (χ2v) is 4.22. The molecule has 0 amide bonds. The van der Waals surface area contributed by atoms with Crippen molar-refractivity contribution in [2.45, 2.75) is 31.6 Å². The Morgan fingerprint density at radius 1 is 1.33 bits per heavy atom. The van der Waals surface area contributed by atoms with Crippen molar-refractivity contribution >= 4 is 0 Å². The van der Waals surface area contributed by atoms with E-state index in [-0.39, 0.29) is 5.41 Å². The summed E-state index contributed by atoms with van der Waals surface area (Å²) >= 11 is 0. The summed E-state index contributed by atoms with van der Waals surface area (Å²) in [6.45, 7) is -0.265. The molecule has 0 aromatic carbocycles. The van der Waals surface area contributed by atoms with Crippen molar-refractivity contribution in [3.63, 3.8) is 0 Å². The van der Waals surface area contributed by atoms with E-state index in [2.05, 4.69) is 5.32 Å². The topological polar surface area (TPSA) is 38.0 Å². The minimum absolute atomic E-state index is 0.141. The van der Waals surface area contributed by atoms with Crippen molar-refractivity contribution in [3.05, 3.63) is 0 Å². The Bertz CT molecular complexity index is 197. The monoisotopic (exact) mass is 228 g/mol. The van der Waals surface area contributed by atoms with Crippen LogP contribution < -0.4 is 11.1 Å². The van der Waals surface area contributed by atoms with Gasteiger partial charge in [-0.25, -0.2) is 8.78 Å². The Balaban J connectivity index is 2.26. The summed E-state index contributed by atoms with van der Waals surface area (Å²) < 4.78 is 48.6. The van der Waals surface area contributed by atoms with Crippen molar-refractivity contribution < 1.29 is 17.6 Å². The van der Waals surface area contributed by atoms with Gasteiger partial charge in [-0.2, -0.15) is 8.78 Å². The normalized spacial score (nSPS) is 20.4. The van der Waals surface area contributed by atoms with Gasteiger partial charge in [-0.1, -0.05) is 6.42 Å². The smallest absolute Gasteiger partial charge is 0.319 e. The van der Waals surface area contributed by atoms with Crippen LogP contribution in [0.5, 0.6) is 0 Å². The minimum atomic E-state index is -3.94. The highest BCUT2D eigenvalue weighted by Gasteiger charge is 2.41. The van der Waals surface area contributed by atoms with E-state index in [0.717, 1.165) is 19.3 Å². The molecule has 0 aromatic heterocycles. The van der Waals surface area contributed by atoms with Gasteiger partial charge in [0.1, 0.15) is 0 Å². The van der Waals surface area contributed by atoms with Crippen LogP contribution in [0.2, 0.25) is 0 Å². The predicted octanol–water partition coefficient (Wildman–Crippen LogP) is 1.61. The molecular weight excluding hydrogens is 212 g/mol. The van der Waals surface area contributed by atoms with E-state index < -0.39 is 18.9 Å². The number of nitrogens with one attached hydrogen (secondary N) is 1. The molecule has 2 nitrogen and oxygen atoms in total. The SMILES string of the molecule is NCC1(CNCC(F)(F)C(F)F)CCC1. The van der Waals surface area contributed by atoms with Gasteiger partial charge in [0.2, 0.25) is 0 Å². The average Bonchev–Trinajstić information content (AvgIpc) is 2.09. The zero-order valence-electron chi connectivity index (χ0n) is 8.41. The maximum atomic E-state index is 12.5. The largest absolute Gasteiger partial charge is 0.330 e. The standard InChI is InChI=1S/C9H16F4N2/c10-7(11)9(12,13)6-15-5-8(4-14)2-1-3-8/h7,15H,1-6,14H2. The molecule has 1 saturated carbocycles. The van der Waals surface area contributed by atoms with Gasteiger partial charge in [-0.05, 0) is 24.8 Å². The van der Waals surface area contributed by atoms with Crippen LogP contribution in [0, 0.1) is 5.41 Å². The molecule has 1 aliphatic rings. The van der Waals surface area contributed by atoms with Crippen LogP contribution in [0.1, 0.15) is 19.3 Å². The van der Waals surface area contributed by atoms with Crippen molar-refractivity contribution in [1.82, 2.24) is 5.32 Å². The molecule has 90 valence electrons.